The Balaban J connectivity index is 1.69. The van der Waals surface area contributed by atoms with E-state index in [-0.39, 0.29) is 0 Å². The minimum atomic E-state index is 0.363. The molecule has 2 rings (SSSR count). The molecular weight excluding hydrogens is 212 g/mol. The molecule has 96 valence electrons. The third-order valence-corrected chi connectivity index (χ3v) is 3.98. The Bertz CT molecular complexity index is 302. The molecule has 1 aromatic rings. The van der Waals surface area contributed by atoms with Gasteiger partial charge in [-0.05, 0) is 36.9 Å². The Hall–Kier alpha value is -0.800. The number of rotatable bonds is 6. The van der Waals surface area contributed by atoms with Crippen molar-refractivity contribution < 1.29 is 4.42 Å². The highest BCUT2D eigenvalue weighted by Gasteiger charge is 2.29. The first kappa shape index (κ1) is 12.7. The van der Waals surface area contributed by atoms with Gasteiger partial charge in [-0.1, -0.05) is 19.3 Å². The van der Waals surface area contributed by atoms with Crippen molar-refractivity contribution in [3.8, 4) is 0 Å². The lowest BCUT2D eigenvalue weighted by Crippen LogP contribution is -2.42. The molecule has 0 radical (unpaired) electrons. The number of nitrogens with two attached hydrogens (primary N) is 1. The van der Waals surface area contributed by atoms with Crippen molar-refractivity contribution in [1.82, 2.24) is 5.32 Å². The van der Waals surface area contributed by atoms with Gasteiger partial charge >= 0.3 is 0 Å². The van der Waals surface area contributed by atoms with Gasteiger partial charge in [0.1, 0.15) is 5.76 Å². The molecule has 0 saturated heterocycles. The molecular formula is C14H24N2O. The van der Waals surface area contributed by atoms with Gasteiger partial charge in [0.05, 0.1) is 6.26 Å². The zero-order valence-electron chi connectivity index (χ0n) is 10.6. The lowest BCUT2D eigenvalue weighted by molar-refractivity contribution is 0.192. The molecule has 0 atom stereocenters. The first-order valence-electron chi connectivity index (χ1n) is 6.78. The second kappa shape index (κ2) is 6.22. The van der Waals surface area contributed by atoms with E-state index in [2.05, 4.69) is 5.32 Å². The number of furan rings is 1. The Morgan fingerprint density at radius 2 is 2.12 bits per heavy atom. The van der Waals surface area contributed by atoms with Crippen LogP contribution >= 0.6 is 0 Å². The second-order valence-corrected chi connectivity index (χ2v) is 5.27. The van der Waals surface area contributed by atoms with Crippen molar-refractivity contribution >= 4 is 0 Å². The SMILES string of the molecule is NCC1(CNCCc2ccco2)CCCCC1. The van der Waals surface area contributed by atoms with Crippen LogP contribution < -0.4 is 11.1 Å². The summed E-state index contributed by atoms with van der Waals surface area (Å²) in [5, 5.41) is 3.55. The van der Waals surface area contributed by atoms with Crippen LogP contribution in [0.3, 0.4) is 0 Å². The van der Waals surface area contributed by atoms with Gasteiger partial charge in [0.25, 0.3) is 0 Å². The summed E-state index contributed by atoms with van der Waals surface area (Å²) in [7, 11) is 0. The van der Waals surface area contributed by atoms with Crippen LogP contribution in [-0.2, 0) is 6.42 Å². The van der Waals surface area contributed by atoms with Crippen molar-refractivity contribution in [2.24, 2.45) is 11.1 Å². The maximum absolute atomic E-state index is 5.96. The van der Waals surface area contributed by atoms with E-state index in [1.54, 1.807) is 6.26 Å². The van der Waals surface area contributed by atoms with Crippen molar-refractivity contribution in [3.63, 3.8) is 0 Å². The molecule has 0 bridgehead atoms. The van der Waals surface area contributed by atoms with Gasteiger partial charge in [0.2, 0.25) is 0 Å². The summed E-state index contributed by atoms with van der Waals surface area (Å²) in [4.78, 5) is 0. The monoisotopic (exact) mass is 236 g/mol. The third-order valence-electron chi connectivity index (χ3n) is 3.98. The van der Waals surface area contributed by atoms with E-state index in [0.717, 1.165) is 31.8 Å². The summed E-state index contributed by atoms with van der Waals surface area (Å²) >= 11 is 0. The summed E-state index contributed by atoms with van der Waals surface area (Å²) in [5.74, 6) is 1.06. The van der Waals surface area contributed by atoms with Gasteiger partial charge < -0.3 is 15.5 Å². The highest BCUT2D eigenvalue weighted by atomic mass is 16.3. The molecule has 1 heterocycles. The number of hydrogen-bond donors (Lipinski definition) is 2. The fourth-order valence-corrected chi connectivity index (χ4v) is 2.77. The highest BCUT2D eigenvalue weighted by Crippen LogP contribution is 2.34. The molecule has 0 unspecified atom stereocenters. The average molecular weight is 236 g/mol. The Kier molecular flexibility index (Phi) is 4.63. The second-order valence-electron chi connectivity index (χ2n) is 5.27. The number of hydrogen-bond acceptors (Lipinski definition) is 3. The summed E-state index contributed by atoms with van der Waals surface area (Å²) in [6.07, 6.45) is 9.35. The maximum Gasteiger partial charge on any atom is 0.105 e. The Labute approximate surface area is 104 Å². The van der Waals surface area contributed by atoms with Gasteiger partial charge in [-0.2, -0.15) is 0 Å². The van der Waals surface area contributed by atoms with Crippen molar-refractivity contribution in [2.45, 2.75) is 38.5 Å². The zero-order valence-corrected chi connectivity index (χ0v) is 10.6. The van der Waals surface area contributed by atoms with Crippen LogP contribution in [-0.4, -0.2) is 19.6 Å². The minimum absolute atomic E-state index is 0.363. The third kappa shape index (κ3) is 3.58. The van der Waals surface area contributed by atoms with Crippen LogP contribution in [0.4, 0.5) is 0 Å². The summed E-state index contributed by atoms with van der Waals surface area (Å²) in [6.45, 7) is 2.86. The molecule has 1 aliphatic carbocycles. The van der Waals surface area contributed by atoms with Gasteiger partial charge in [0, 0.05) is 19.5 Å². The molecule has 3 heteroatoms. The van der Waals surface area contributed by atoms with E-state index in [1.807, 2.05) is 12.1 Å². The van der Waals surface area contributed by atoms with Crippen molar-refractivity contribution in [2.75, 3.05) is 19.6 Å². The molecule has 3 N–H and O–H groups in total. The predicted molar refractivity (Wildman–Crippen MR) is 69.9 cm³/mol. The lowest BCUT2D eigenvalue weighted by Gasteiger charge is -2.36. The molecule has 3 nitrogen and oxygen atoms in total. The average Bonchev–Trinajstić information content (AvgIpc) is 2.89. The van der Waals surface area contributed by atoms with Gasteiger partial charge in [-0.3, -0.25) is 0 Å². The lowest BCUT2D eigenvalue weighted by atomic mass is 9.74. The molecule has 1 saturated carbocycles. The molecule has 1 fully saturated rings. The standard InChI is InChI=1S/C14H24N2O/c15-11-14(7-2-1-3-8-14)12-16-9-6-13-5-4-10-17-13/h4-5,10,16H,1-3,6-9,11-12,15H2. The summed E-state index contributed by atoms with van der Waals surface area (Å²) in [5.41, 5.74) is 6.32. The molecule has 0 aromatic carbocycles. The summed E-state index contributed by atoms with van der Waals surface area (Å²) in [6, 6.07) is 3.97. The zero-order chi connectivity index (χ0) is 12.0. The van der Waals surface area contributed by atoms with Crippen LogP contribution in [0.1, 0.15) is 37.9 Å². The largest absolute Gasteiger partial charge is 0.469 e. The van der Waals surface area contributed by atoms with E-state index in [9.17, 15) is 0 Å². The quantitative estimate of drug-likeness (QED) is 0.745. The number of nitrogens with one attached hydrogen (secondary N) is 1. The molecule has 1 aliphatic rings. The maximum atomic E-state index is 5.96. The molecule has 0 aliphatic heterocycles. The topological polar surface area (TPSA) is 51.2 Å². The van der Waals surface area contributed by atoms with E-state index in [1.165, 1.54) is 32.1 Å². The minimum Gasteiger partial charge on any atom is -0.469 e. The smallest absolute Gasteiger partial charge is 0.105 e. The van der Waals surface area contributed by atoms with E-state index in [4.69, 9.17) is 10.2 Å². The fourth-order valence-electron chi connectivity index (χ4n) is 2.77. The van der Waals surface area contributed by atoms with Crippen LogP contribution in [0, 0.1) is 5.41 Å². The van der Waals surface area contributed by atoms with Crippen molar-refractivity contribution in [1.29, 1.82) is 0 Å². The van der Waals surface area contributed by atoms with Gasteiger partial charge in [-0.15, -0.1) is 0 Å². The Morgan fingerprint density at radius 1 is 1.29 bits per heavy atom. The van der Waals surface area contributed by atoms with E-state index in [0.29, 0.717) is 5.41 Å². The van der Waals surface area contributed by atoms with Crippen molar-refractivity contribution in [3.05, 3.63) is 24.2 Å². The first-order chi connectivity index (χ1) is 8.35. The summed E-state index contributed by atoms with van der Waals surface area (Å²) < 4.78 is 5.31. The van der Waals surface area contributed by atoms with Crippen LogP contribution in [0.15, 0.2) is 22.8 Å². The van der Waals surface area contributed by atoms with Gasteiger partial charge in [-0.25, -0.2) is 0 Å². The molecule has 0 spiro atoms. The predicted octanol–water partition coefficient (Wildman–Crippen LogP) is 2.32. The van der Waals surface area contributed by atoms with Crippen LogP contribution in [0.2, 0.25) is 0 Å². The molecule has 0 amide bonds. The van der Waals surface area contributed by atoms with Gasteiger partial charge in [0.15, 0.2) is 0 Å². The van der Waals surface area contributed by atoms with Crippen LogP contribution in [0.25, 0.3) is 0 Å². The molecule has 17 heavy (non-hydrogen) atoms. The van der Waals surface area contributed by atoms with E-state index < -0.39 is 0 Å². The Morgan fingerprint density at radius 3 is 2.76 bits per heavy atom. The van der Waals surface area contributed by atoms with E-state index >= 15 is 0 Å². The van der Waals surface area contributed by atoms with Crippen LogP contribution in [0.5, 0.6) is 0 Å². The normalized spacial score (nSPS) is 19.4. The molecule has 1 aromatic heterocycles. The fraction of sp³-hybridized carbons (Fsp3) is 0.714. The highest BCUT2D eigenvalue weighted by molar-refractivity contribution is 4.98. The first-order valence-corrected chi connectivity index (χ1v) is 6.78.